The molecule has 1 aromatic rings. The second-order valence-electron chi connectivity index (χ2n) is 4.41. The molecule has 4 heteroatoms. The van der Waals surface area contributed by atoms with Gasteiger partial charge >= 0.3 is 0 Å². The summed E-state index contributed by atoms with van der Waals surface area (Å²) < 4.78 is 1.96. The summed E-state index contributed by atoms with van der Waals surface area (Å²) in [5.41, 5.74) is 8.14. The Hall–Kier alpha value is -0.540. The average molecular weight is 244 g/mol. The molecular weight excluding hydrogens is 222 g/mol. The molecular formula is C12H22ClN3. The van der Waals surface area contributed by atoms with Crippen LogP contribution in [0, 0.1) is 6.92 Å². The highest BCUT2D eigenvalue weighted by molar-refractivity contribution is 6.31. The lowest BCUT2D eigenvalue weighted by Crippen LogP contribution is -2.41. The lowest BCUT2D eigenvalue weighted by molar-refractivity contribution is 0.380. The van der Waals surface area contributed by atoms with E-state index in [-0.39, 0.29) is 5.54 Å². The van der Waals surface area contributed by atoms with E-state index in [4.69, 9.17) is 17.3 Å². The fourth-order valence-corrected chi connectivity index (χ4v) is 2.07. The molecule has 1 aromatic heterocycles. The average Bonchev–Trinajstić information content (AvgIpc) is 2.56. The van der Waals surface area contributed by atoms with Crippen LogP contribution in [-0.2, 0) is 13.0 Å². The minimum Gasteiger partial charge on any atom is -0.325 e. The number of aryl methyl sites for hydroxylation is 2. The summed E-state index contributed by atoms with van der Waals surface area (Å²) in [6, 6.07) is 0. The molecule has 0 saturated heterocycles. The third-order valence-corrected chi connectivity index (χ3v) is 3.87. The maximum atomic E-state index is 6.33. The van der Waals surface area contributed by atoms with E-state index in [2.05, 4.69) is 25.9 Å². The third-order valence-electron chi connectivity index (χ3n) is 3.38. The van der Waals surface area contributed by atoms with Crippen LogP contribution in [0.15, 0.2) is 0 Å². The van der Waals surface area contributed by atoms with Gasteiger partial charge in [0.2, 0.25) is 0 Å². The monoisotopic (exact) mass is 243 g/mol. The van der Waals surface area contributed by atoms with Gasteiger partial charge in [-0.2, -0.15) is 5.10 Å². The Morgan fingerprint density at radius 1 is 1.31 bits per heavy atom. The molecule has 0 fully saturated rings. The van der Waals surface area contributed by atoms with Gasteiger partial charge in [-0.3, -0.25) is 4.68 Å². The van der Waals surface area contributed by atoms with Crippen LogP contribution in [0.5, 0.6) is 0 Å². The van der Waals surface area contributed by atoms with Gasteiger partial charge in [0, 0.05) is 18.5 Å². The van der Waals surface area contributed by atoms with Gasteiger partial charge in [0.15, 0.2) is 0 Å². The quantitative estimate of drug-likeness (QED) is 0.864. The van der Waals surface area contributed by atoms with Crippen molar-refractivity contribution in [3.05, 3.63) is 16.4 Å². The third kappa shape index (κ3) is 2.58. The van der Waals surface area contributed by atoms with E-state index >= 15 is 0 Å². The fourth-order valence-electron chi connectivity index (χ4n) is 1.87. The standard InChI is InChI=1S/C12H22ClN3/c1-5-12(14,6-2)8-10-11(13)9(4)15-16(10)7-3/h5-8,14H2,1-4H3. The van der Waals surface area contributed by atoms with E-state index < -0.39 is 0 Å². The summed E-state index contributed by atoms with van der Waals surface area (Å²) in [7, 11) is 0. The molecule has 0 radical (unpaired) electrons. The van der Waals surface area contributed by atoms with Crippen LogP contribution in [0.4, 0.5) is 0 Å². The Morgan fingerprint density at radius 2 is 1.88 bits per heavy atom. The van der Waals surface area contributed by atoms with E-state index in [1.807, 2.05) is 11.6 Å². The van der Waals surface area contributed by atoms with Gasteiger partial charge in [-0.15, -0.1) is 0 Å². The normalized spacial score (nSPS) is 12.1. The van der Waals surface area contributed by atoms with Crippen LogP contribution in [0.3, 0.4) is 0 Å². The van der Waals surface area contributed by atoms with Gasteiger partial charge in [-0.1, -0.05) is 25.4 Å². The molecule has 0 amide bonds. The number of rotatable bonds is 5. The number of hydrogen-bond acceptors (Lipinski definition) is 2. The Bertz CT molecular complexity index is 353. The molecule has 0 aromatic carbocycles. The Kier molecular flexibility index (Phi) is 4.39. The van der Waals surface area contributed by atoms with Crippen molar-refractivity contribution >= 4 is 11.6 Å². The minimum atomic E-state index is -0.164. The lowest BCUT2D eigenvalue weighted by atomic mass is 9.89. The number of halogens is 1. The van der Waals surface area contributed by atoms with Crippen molar-refractivity contribution in [1.82, 2.24) is 9.78 Å². The molecule has 0 unspecified atom stereocenters. The molecule has 0 saturated carbocycles. The molecule has 0 atom stereocenters. The van der Waals surface area contributed by atoms with Crippen molar-refractivity contribution in [2.24, 2.45) is 5.73 Å². The smallest absolute Gasteiger partial charge is 0.0847 e. The highest BCUT2D eigenvalue weighted by Gasteiger charge is 2.25. The molecule has 16 heavy (non-hydrogen) atoms. The first kappa shape index (κ1) is 13.5. The van der Waals surface area contributed by atoms with E-state index in [1.165, 1.54) is 0 Å². The van der Waals surface area contributed by atoms with Gasteiger partial charge in [-0.05, 0) is 26.7 Å². The molecule has 1 heterocycles. The van der Waals surface area contributed by atoms with E-state index in [9.17, 15) is 0 Å². The number of hydrogen-bond donors (Lipinski definition) is 1. The van der Waals surface area contributed by atoms with Crippen molar-refractivity contribution < 1.29 is 0 Å². The first-order valence-corrected chi connectivity index (χ1v) is 6.35. The van der Waals surface area contributed by atoms with Gasteiger partial charge in [0.05, 0.1) is 16.4 Å². The predicted molar refractivity (Wildman–Crippen MR) is 68.9 cm³/mol. The second kappa shape index (κ2) is 5.19. The van der Waals surface area contributed by atoms with Crippen LogP contribution in [0.2, 0.25) is 5.02 Å². The molecule has 0 aliphatic heterocycles. The fraction of sp³-hybridized carbons (Fsp3) is 0.750. The maximum Gasteiger partial charge on any atom is 0.0847 e. The molecule has 2 N–H and O–H groups in total. The predicted octanol–water partition coefficient (Wildman–Crippen LogP) is 2.92. The zero-order valence-electron chi connectivity index (χ0n) is 10.7. The van der Waals surface area contributed by atoms with Gasteiger partial charge in [-0.25, -0.2) is 0 Å². The first-order valence-electron chi connectivity index (χ1n) is 5.98. The number of aromatic nitrogens is 2. The topological polar surface area (TPSA) is 43.8 Å². The van der Waals surface area contributed by atoms with E-state index in [0.29, 0.717) is 0 Å². The van der Waals surface area contributed by atoms with Crippen molar-refractivity contribution in [2.75, 3.05) is 0 Å². The molecule has 1 rings (SSSR count). The highest BCUT2D eigenvalue weighted by Crippen LogP contribution is 2.26. The molecule has 0 aliphatic rings. The molecule has 0 spiro atoms. The number of nitrogens with zero attached hydrogens (tertiary/aromatic N) is 2. The summed E-state index contributed by atoms with van der Waals surface area (Å²) in [5, 5.41) is 5.19. The van der Waals surface area contributed by atoms with Gasteiger partial charge < -0.3 is 5.73 Å². The van der Waals surface area contributed by atoms with E-state index in [0.717, 1.165) is 42.2 Å². The van der Waals surface area contributed by atoms with Gasteiger partial charge in [0.1, 0.15) is 0 Å². The summed E-state index contributed by atoms with van der Waals surface area (Å²) in [6.45, 7) is 9.09. The Labute approximate surface area is 103 Å². The van der Waals surface area contributed by atoms with Crippen molar-refractivity contribution in [3.8, 4) is 0 Å². The lowest BCUT2D eigenvalue weighted by Gasteiger charge is -2.27. The first-order chi connectivity index (χ1) is 7.47. The van der Waals surface area contributed by atoms with Crippen LogP contribution < -0.4 is 5.73 Å². The van der Waals surface area contributed by atoms with Crippen LogP contribution >= 0.6 is 11.6 Å². The minimum absolute atomic E-state index is 0.164. The van der Waals surface area contributed by atoms with Gasteiger partial charge in [0.25, 0.3) is 0 Å². The Balaban J connectivity index is 3.04. The summed E-state index contributed by atoms with van der Waals surface area (Å²) in [5.74, 6) is 0. The zero-order valence-corrected chi connectivity index (χ0v) is 11.4. The number of nitrogens with two attached hydrogens (primary N) is 1. The van der Waals surface area contributed by atoms with E-state index in [1.54, 1.807) is 0 Å². The Morgan fingerprint density at radius 3 is 2.31 bits per heavy atom. The van der Waals surface area contributed by atoms with Crippen molar-refractivity contribution in [1.29, 1.82) is 0 Å². The van der Waals surface area contributed by atoms with Crippen LogP contribution in [0.1, 0.15) is 45.0 Å². The van der Waals surface area contributed by atoms with Crippen LogP contribution in [-0.4, -0.2) is 15.3 Å². The maximum absolute atomic E-state index is 6.33. The zero-order chi connectivity index (χ0) is 12.3. The van der Waals surface area contributed by atoms with Crippen molar-refractivity contribution in [2.45, 2.75) is 59.0 Å². The summed E-state index contributed by atoms with van der Waals surface area (Å²) in [6.07, 6.45) is 2.70. The summed E-state index contributed by atoms with van der Waals surface area (Å²) >= 11 is 6.27. The molecule has 0 bridgehead atoms. The van der Waals surface area contributed by atoms with Crippen LogP contribution in [0.25, 0.3) is 0 Å². The largest absolute Gasteiger partial charge is 0.325 e. The SMILES string of the molecule is CCn1nc(C)c(Cl)c1CC(N)(CC)CC. The molecule has 0 aliphatic carbocycles. The second-order valence-corrected chi connectivity index (χ2v) is 4.79. The highest BCUT2D eigenvalue weighted by atomic mass is 35.5. The van der Waals surface area contributed by atoms with Crippen molar-refractivity contribution in [3.63, 3.8) is 0 Å². The molecule has 92 valence electrons. The molecule has 3 nitrogen and oxygen atoms in total. The summed E-state index contributed by atoms with van der Waals surface area (Å²) in [4.78, 5) is 0.